The first-order valence-corrected chi connectivity index (χ1v) is 5.88. The van der Waals surface area contributed by atoms with Crippen molar-refractivity contribution in [3.05, 3.63) is 30.3 Å². The van der Waals surface area contributed by atoms with Crippen LogP contribution in [0.5, 0.6) is 0 Å². The van der Waals surface area contributed by atoms with Crippen LogP contribution >= 0.6 is 0 Å². The summed E-state index contributed by atoms with van der Waals surface area (Å²) in [5.74, 6) is 0. The first-order chi connectivity index (χ1) is 7.90. The largest absolute Gasteiger partial charge is 0.448 e. The summed E-state index contributed by atoms with van der Waals surface area (Å²) in [5, 5.41) is 3.32. The summed E-state index contributed by atoms with van der Waals surface area (Å²) in [6, 6.07) is 11.0. The fraction of sp³-hybridized carbons (Fsp3) is 0.462. The standard InChI is InChI=1S/C13H18N2O/c1-16-13(15-10-6-3-7-11-15)14-12-8-4-2-5-9-12/h2,4-5,8-9H,3,6-7,10-11H2,1H3/p+1. The van der Waals surface area contributed by atoms with Crippen LogP contribution in [0.3, 0.4) is 0 Å². The molecule has 0 atom stereocenters. The summed E-state index contributed by atoms with van der Waals surface area (Å²) in [5.41, 5.74) is 1.07. The minimum absolute atomic E-state index is 0.867. The molecule has 0 unspecified atom stereocenters. The van der Waals surface area contributed by atoms with Gasteiger partial charge in [-0.15, -0.1) is 0 Å². The maximum absolute atomic E-state index is 5.43. The Labute approximate surface area is 96.7 Å². The Bertz CT molecular complexity index is 351. The van der Waals surface area contributed by atoms with Crippen molar-refractivity contribution in [2.24, 2.45) is 0 Å². The number of nitrogens with one attached hydrogen (secondary N) is 1. The van der Waals surface area contributed by atoms with Gasteiger partial charge in [-0.3, -0.25) is 0 Å². The summed E-state index contributed by atoms with van der Waals surface area (Å²) in [6.45, 7) is 2.17. The number of anilines is 1. The SMILES string of the molecule is COC(Nc1ccccc1)=[N+]1CCCCC1. The zero-order valence-corrected chi connectivity index (χ0v) is 9.78. The van der Waals surface area contributed by atoms with Gasteiger partial charge in [0.1, 0.15) is 5.69 Å². The average Bonchev–Trinajstić information content (AvgIpc) is 2.38. The minimum Gasteiger partial charge on any atom is -0.435 e. The normalized spacial score (nSPS) is 15.7. The Balaban J connectivity index is 2.10. The summed E-state index contributed by atoms with van der Waals surface area (Å²) in [6.07, 6.45) is 3.84. The van der Waals surface area contributed by atoms with Crippen LogP contribution in [0.15, 0.2) is 30.3 Å². The van der Waals surface area contributed by atoms with Crippen LogP contribution < -0.4 is 5.32 Å². The first kappa shape index (κ1) is 11.0. The van der Waals surface area contributed by atoms with Gasteiger partial charge in [0.15, 0.2) is 0 Å². The number of methoxy groups -OCH3 is 1. The molecule has 0 radical (unpaired) electrons. The van der Waals surface area contributed by atoms with E-state index in [0.717, 1.165) is 24.8 Å². The van der Waals surface area contributed by atoms with Crippen LogP contribution in [0.1, 0.15) is 19.3 Å². The van der Waals surface area contributed by atoms with Crippen molar-refractivity contribution in [1.82, 2.24) is 0 Å². The predicted molar refractivity (Wildman–Crippen MR) is 65.9 cm³/mol. The fourth-order valence-corrected chi connectivity index (χ4v) is 2.00. The van der Waals surface area contributed by atoms with Gasteiger partial charge in [-0.25, -0.2) is 9.89 Å². The lowest BCUT2D eigenvalue weighted by molar-refractivity contribution is -0.545. The minimum atomic E-state index is 0.867. The molecule has 0 spiro atoms. The lowest BCUT2D eigenvalue weighted by Gasteiger charge is -2.15. The second-order valence-corrected chi connectivity index (χ2v) is 4.05. The molecular formula is C13H19N2O+. The van der Waals surface area contributed by atoms with Crippen LogP contribution in [0.4, 0.5) is 5.69 Å². The number of hydrogen-bond acceptors (Lipinski definition) is 1. The van der Waals surface area contributed by atoms with Gasteiger partial charge in [0, 0.05) is 0 Å². The van der Waals surface area contributed by atoms with Gasteiger partial charge >= 0.3 is 6.02 Å². The molecule has 0 saturated carbocycles. The molecule has 1 N–H and O–H groups in total. The molecule has 1 saturated heterocycles. The van der Waals surface area contributed by atoms with Crippen molar-refractivity contribution < 1.29 is 9.31 Å². The zero-order chi connectivity index (χ0) is 11.2. The van der Waals surface area contributed by atoms with Crippen molar-refractivity contribution in [3.63, 3.8) is 0 Å². The third-order valence-electron chi connectivity index (χ3n) is 2.86. The predicted octanol–water partition coefficient (Wildman–Crippen LogP) is 2.30. The molecule has 2 rings (SSSR count). The van der Waals surface area contributed by atoms with E-state index in [1.165, 1.54) is 19.3 Å². The zero-order valence-electron chi connectivity index (χ0n) is 9.78. The third kappa shape index (κ3) is 2.75. The lowest BCUT2D eigenvalue weighted by Crippen LogP contribution is -2.32. The van der Waals surface area contributed by atoms with E-state index < -0.39 is 0 Å². The molecule has 3 heteroatoms. The van der Waals surface area contributed by atoms with Gasteiger partial charge in [-0.05, 0) is 31.4 Å². The van der Waals surface area contributed by atoms with E-state index in [2.05, 4.69) is 9.89 Å². The van der Waals surface area contributed by atoms with Gasteiger partial charge in [0.25, 0.3) is 0 Å². The number of benzene rings is 1. The summed E-state index contributed by atoms with van der Waals surface area (Å²) in [4.78, 5) is 0. The van der Waals surface area contributed by atoms with Gasteiger partial charge in [-0.2, -0.15) is 0 Å². The highest BCUT2D eigenvalue weighted by molar-refractivity contribution is 5.85. The van der Waals surface area contributed by atoms with Crippen LogP contribution in [0, 0.1) is 0 Å². The number of ether oxygens (including phenoxy) is 1. The number of piperidine rings is 1. The molecule has 86 valence electrons. The van der Waals surface area contributed by atoms with E-state index in [0.29, 0.717) is 0 Å². The molecule has 0 aliphatic carbocycles. The number of rotatable bonds is 1. The van der Waals surface area contributed by atoms with Crippen LogP contribution in [0.25, 0.3) is 0 Å². The van der Waals surface area contributed by atoms with Gasteiger partial charge in [-0.1, -0.05) is 18.2 Å². The Hall–Kier alpha value is -1.51. The van der Waals surface area contributed by atoms with Crippen molar-refractivity contribution >= 4 is 11.7 Å². The number of hydrogen-bond donors (Lipinski definition) is 1. The second kappa shape index (κ2) is 5.54. The highest BCUT2D eigenvalue weighted by Gasteiger charge is 2.17. The number of amidine groups is 1. The molecule has 16 heavy (non-hydrogen) atoms. The molecule has 1 aromatic rings. The fourth-order valence-electron chi connectivity index (χ4n) is 2.00. The highest BCUT2D eigenvalue weighted by atomic mass is 16.5. The number of para-hydroxylation sites is 1. The van der Waals surface area contributed by atoms with E-state index in [1.54, 1.807) is 7.11 Å². The molecule has 1 aromatic carbocycles. The maximum atomic E-state index is 5.43. The Morgan fingerprint density at radius 1 is 1.12 bits per heavy atom. The smallest absolute Gasteiger partial charge is 0.435 e. The van der Waals surface area contributed by atoms with Crippen LogP contribution in [-0.2, 0) is 4.74 Å². The Morgan fingerprint density at radius 3 is 2.44 bits per heavy atom. The average molecular weight is 219 g/mol. The van der Waals surface area contributed by atoms with E-state index in [9.17, 15) is 0 Å². The van der Waals surface area contributed by atoms with Crippen molar-refractivity contribution in [3.8, 4) is 0 Å². The quantitative estimate of drug-likeness (QED) is 0.579. The highest BCUT2D eigenvalue weighted by Crippen LogP contribution is 2.08. The Kier molecular flexibility index (Phi) is 3.81. The summed E-state index contributed by atoms with van der Waals surface area (Å²) >= 11 is 0. The first-order valence-electron chi connectivity index (χ1n) is 5.88. The molecule has 1 aliphatic heterocycles. The molecule has 1 fully saturated rings. The van der Waals surface area contributed by atoms with Crippen molar-refractivity contribution in [1.29, 1.82) is 0 Å². The molecule has 0 aromatic heterocycles. The molecule has 1 heterocycles. The van der Waals surface area contributed by atoms with Crippen molar-refractivity contribution in [2.75, 3.05) is 25.5 Å². The lowest BCUT2D eigenvalue weighted by atomic mass is 10.2. The summed E-state index contributed by atoms with van der Waals surface area (Å²) < 4.78 is 7.70. The van der Waals surface area contributed by atoms with Crippen molar-refractivity contribution in [2.45, 2.75) is 19.3 Å². The third-order valence-corrected chi connectivity index (χ3v) is 2.86. The molecule has 0 bridgehead atoms. The van der Waals surface area contributed by atoms with E-state index in [4.69, 9.17) is 4.74 Å². The van der Waals surface area contributed by atoms with Crippen LogP contribution in [-0.4, -0.2) is 30.8 Å². The molecule has 1 aliphatic rings. The monoisotopic (exact) mass is 219 g/mol. The van der Waals surface area contributed by atoms with E-state index >= 15 is 0 Å². The maximum Gasteiger partial charge on any atom is 0.448 e. The number of nitrogens with zero attached hydrogens (tertiary/aromatic N) is 1. The van der Waals surface area contributed by atoms with E-state index in [-0.39, 0.29) is 0 Å². The van der Waals surface area contributed by atoms with E-state index in [1.807, 2.05) is 30.3 Å². The second-order valence-electron chi connectivity index (χ2n) is 4.05. The van der Waals surface area contributed by atoms with Gasteiger partial charge in [0.2, 0.25) is 0 Å². The molecular weight excluding hydrogens is 200 g/mol. The molecule has 0 amide bonds. The topological polar surface area (TPSA) is 24.3 Å². The van der Waals surface area contributed by atoms with Crippen LogP contribution in [0.2, 0.25) is 0 Å². The molecule has 3 nitrogen and oxygen atoms in total. The summed E-state index contributed by atoms with van der Waals surface area (Å²) in [7, 11) is 1.72. The Morgan fingerprint density at radius 2 is 1.81 bits per heavy atom. The van der Waals surface area contributed by atoms with Gasteiger partial charge < -0.3 is 4.74 Å². The van der Waals surface area contributed by atoms with Gasteiger partial charge in [0.05, 0.1) is 20.2 Å².